The van der Waals surface area contributed by atoms with E-state index in [1.165, 1.54) is 0 Å². The largest absolute Gasteiger partial charge is 0.392 e. The van der Waals surface area contributed by atoms with E-state index in [0.29, 0.717) is 19.5 Å². The van der Waals surface area contributed by atoms with Crippen molar-refractivity contribution in [3.63, 3.8) is 0 Å². The van der Waals surface area contributed by atoms with Crippen molar-refractivity contribution in [2.75, 3.05) is 6.54 Å². The van der Waals surface area contributed by atoms with E-state index in [1.807, 2.05) is 24.3 Å². The van der Waals surface area contributed by atoms with Gasteiger partial charge < -0.3 is 15.7 Å². The van der Waals surface area contributed by atoms with Crippen LogP contribution in [0.1, 0.15) is 17.5 Å². The van der Waals surface area contributed by atoms with Gasteiger partial charge in [-0.05, 0) is 11.1 Å². The van der Waals surface area contributed by atoms with Crippen molar-refractivity contribution >= 4 is 5.91 Å². The number of rotatable bonds is 3. The number of aliphatic hydroxyl groups excluding tert-OH is 1. The molecule has 1 atom stereocenters. The Hall–Kier alpha value is -1.39. The number of nitrogens with two attached hydrogens (primary N) is 1. The molecule has 0 spiro atoms. The number of carbonyl (C=O) groups excluding carboxylic acids is 1. The van der Waals surface area contributed by atoms with Crippen LogP contribution in [-0.2, 0) is 17.9 Å². The van der Waals surface area contributed by atoms with Crippen LogP contribution < -0.4 is 5.73 Å². The Labute approximate surface area is 94.7 Å². The Morgan fingerprint density at radius 1 is 1.31 bits per heavy atom. The summed E-state index contributed by atoms with van der Waals surface area (Å²) in [6.45, 7) is 1.30. The smallest absolute Gasteiger partial charge is 0.224 e. The van der Waals surface area contributed by atoms with Crippen LogP contribution in [0.2, 0.25) is 0 Å². The van der Waals surface area contributed by atoms with Crippen molar-refractivity contribution in [3.8, 4) is 0 Å². The second-order valence-corrected chi connectivity index (χ2v) is 4.21. The van der Waals surface area contributed by atoms with E-state index in [4.69, 9.17) is 10.8 Å². The second-order valence-electron chi connectivity index (χ2n) is 4.21. The van der Waals surface area contributed by atoms with Crippen LogP contribution in [0.4, 0.5) is 0 Å². The number of likely N-dealkylation sites (tertiary alicyclic amines) is 1. The number of benzene rings is 1. The van der Waals surface area contributed by atoms with E-state index in [1.54, 1.807) is 4.90 Å². The fraction of sp³-hybridized carbons (Fsp3) is 0.417. The van der Waals surface area contributed by atoms with Gasteiger partial charge in [-0.3, -0.25) is 4.79 Å². The third kappa shape index (κ3) is 2.40. The second kappa shape index (κ2) is 4.63. The summed E-state index contributed by atoms with van der Waals surface area (Å²) in [7, 11) is 0. The molecule has 1 aromatic rings. The van der Waals surface area contributed by atoms with Gasteiger partial charge >= 0.3 is 0 Å². The molecule has 3 N–H and O–H groups in total. The van der Waals surface area contributed by atoms with Crippen LogP contribution in [0.15, 0.2) is 24.3 Å². The topological polar surface area (TPSA) is 66.6 Å². The lowest BCUT2D eigenvalue weighted by Crippen LogP contribution is -2.27. The van der Waals surface area contributed by atoms with Gasteiger partial charge in [0, 0.05) is 25.6 Å². The molecular weight excluding hydrogens is 204 g/mol. The zero-order chi connectivity index (χ0) is 11.5. The minimum absolute atomic E-state index is 0.0239. The number of carbonyl (C=O) groups is 1. The third-order valence-electron chi connectivity index (χ3n) is 2.82. The molecule has 16 heavy (non-hydrogen) atoms. The first-order valence-electron chi connectivity index (χ1n) is 5.41. The molecule has 1 saturated heterocycles. The highest BCUT2D eigenvalue weighted by atomic mass is 16.3. The summed E-state index contributed by atoms with van der Waals surface area (Å²) in [4.78, 5) is 13.3. The van der Waals surface area contributed by atoms with Crippen LogP contribution >= 0.6 is 0 Å². The van der Waals surface area contributed by atoms with E-state index in [0.717, 1.165) is 11.1 Å². The van der Waals surface area contributed by atoms with E-state index < -0.39 is 0 Å². The van der Waals surface area contributed by atoms with Crippen LogP contribution in [0.5, 0.6) is 0 Å². The highest BCUT2D eigenvalue weighted by Crippen LogP contribution is 2.14. The summed E-state index contributed by atoms with van der Waals surface area (Å²) in [5.41, 5.74) is 7.67. The minimum Gasteiger partial charge on any atom is -0.392 e. The highest BCUT2D eigenvalue weighted by Gasteiger charge is 2.26. The standard InChI is InChI=1S/C12H16N2O2/c13-11-5-12(16)14(7-11)6-9-1-3-10(8-15)4-2-9/h1-4,11,15H,5-8,13H2. The van der Waals surface area contributed by atoms with Gasteiger partial charge in [-0.2, -0.15) is 0 Å². The molecular formula is C12H16N2O2. The van der Waals surface area contributed by atoms with Gasteiger partial charge in [0.15, 0.2) is 0 Å². The van der Waals surface area contributed by atoms with Gasteiger partial charge in [-0.25, -0.2) is 0 Å². The van der Waals surface area contributed by atoms with Crippen LogP contribution in [0, 0.1) is 0 Å². The SMILES string of the molecule is NC1CC(=O)N(Cc2ccc(CO)cc2)C1. The van der Waals surface area contributed by atoms with Gasteiger partial charge in [0.2, 0.25) is 5.91 Å². The maximum Gasteiger partial charge on any atom is 0.224 e. The van der Waals surface area contributed by atoms with Crippen molar-refractivity contribution in [3.05, 3.63) is 35.4 Å². The Kier molecular flexibility index (Phi) is 3.22. The lowest BCUT2D eigenvalue weighted by molar-refractivity contribution is -0.128. The molecule has 1 heterocycles. The Balaban J connectivity index is 2.01. The van der Waals surface area contributed by atoms with Crippen molar-refractivity contribution in [2.24, 2.45) is 5.73 Å². The van der Waals surface area contributed by atoms with Crippen molar-refractivity contribution in [2.45, 2.75) is 25.6 Å². The minimum atomic E-state index is -0.0239. The highest BCUT2D eigenvalue weighted by molar-refractivity contribution is 5.79. The Morgan fingerprint density at radius 2 is 1.94 bits per heavy atom. The summed E-state index contributed by atoms with van der Waals surface area (Å²) in [6, 6.07) is 7.58. The molecule has 1 aromatic carbocycles. The van der Waals surface area contributed by atoms with Gasteiger partial charge in [-0.1, -0.05) is 24.3 Å². The monoisotopic (exact) mass is 220 g/mol. The number of hydrogen-bond acceptors (Lipinski definition) is 3. The number of nitrogens with zero attached hydrogens (tertiary/aromatic N) is 1. The summed E-state index contributed by atoms with van der Waals surface area (Å²) in [5.74, 6) is 0.124. The summed E-state index contributed by atoms with van der Waals surface area (Å²) in [5, 5.41) is 8.91. The number of hydrogen-bond donors (Lipinski definition) is 2. The third-order valence-corrected chi connectivity index (χ3v) is 2.82. The van der Waals surface area contributed by atoms with Gasteiger partial charge in [0.25, 0.3) is 0 Å². The molecule has 2 rings (SSSR count). The van der Waals surface area contributed by atoms with Crippen LogP contribution in [0.3, 0.4) is 0 Å². The van der Waals surface area contributed by atoms with Gasteiger partial charge in [0.1, 0.15) is 0 Å². The van der Waals surface area contributed by atoms with E-state index in [9.17, 15) is 4.79 Å². The lowest BCUT2D eigenvalue weighted by atomic mass is 10.1. The zero-order valence-corrected chi connectivity index (χ0v) is 9.10. The van der Waals surface area contributed by atoms with Crippen LogP contribution in [-0.4, -0.2) is 28.5 Å². The first-order valence-corrected chi connectivity index (χ1v) is 5.41. The summed E-state index contributed by atoms with van der Waals surface area (Å²) >= 11 is 0. The average molecular weight is 220 g/mol. The van der Waals surface area contributed by atoms with E-state index in [-0.39, 0.29) is 18.6 Å². The average Bonchev–Trinajstić information content (AvgIpc) is 2.59. The molecule has 1 unspecified atom stereocenters. The summed E-state index contributed by atoms with van der Waals surface area (Å²) in [6.07, 6.45) is 0.453. The molecule has 1 aliphatic heterocycles. The molecule has 86 valence electrons. The van der Waals surface area contributed by atoms with Gasteiger partial charge in [0.05, 0.1) is 6.61 Å². The fourth-order valence-electron chi connectivity index (χ4n) is 1.93. The number of amides is 1. The maximum absolute atomic E-state index is 11.5. The molecule has 0 aromatic heterocycles. The quantitative estimate of drug-likeness (QED) is 0.766. The molecule has 4 nitrogen and oxygen atoms in total. The van der Waals surface area contributed by atoms with Gasteiger partial charge in [-0.15, -0.1) is 0 Å². The molecule has 0 bridgehead atoms. The molecule has 4 heteroatoms. The normalized spacial score (nSPS) is 20.5. The zero-order valence-electron chi connectivity index (χ0n) is 9.10. The van der Waals surface area contributed by atoms with Crippen molar-refractivity contribution < 1.29 is 9.90 Å². The first kappa shape index (κ1) is 11.1. The molecule has 0 radical (unpaired) electrons. The molecule has 1 aliphatic rings. The summed E-state index contributed by atoms with van der Waals surface area (Å²) < 4.78 is 0. The van der Waals surface area contributed by atoms with Crippen molar-refractivity contribution in [1.29, 1.82) is 0 Å². The Bertz CT molecular complexity index is 375. The molecule has 1 fully saturated rings. The molecule has 0 aliphatic carbocycles. The lowest BCUT2D eigenvalue weighted by Gasteiger charge is -2.16. The van der Waals surface area contributed by atoms with Crippen molar-refractivity contribution in [1.82, 2.24) is 4.90 Å². The first-order chi connectivity index (χ1) is 7.69. The number of aliphatic hydroxyl groups is 1. The molecule has 1 amide bonds. The fourth-order valence-corrected chi connectivity index (χ4v) is 1.93. The van der Waals surface area contributed by atoms with E-state index in [2.05, 4.69) is 0 Å². The van der Waals surface area contributed by atoms with E-state index >= 15 is 0 Å². The predicted octanol–water partition coefficient (Wildman–Crippen LogP) is 0.238. The predicted molar refractivity (Wildman–Crippen MR) is 60.4 cm³/mol. The molecule has 0 saturated carbocycles. The Morgan fingerprint density at radius 3 is 2.44 bits per heavy atom. The maximum atomic E-state index is 11.5. The van der Waals surface area contributed by atoms with Crippen LogP contribution in [0.25, 0.3) is 0 Å².